The first-order valence-corrected chi connectivity index (χ1v) is 7.45. The molecule has 2 aromatic rings. The zero-order valence-corrected chi connectivity index (χ0v) is 12.2. The van der Waals surface area contributed by atoms with E-state index in [0.717, 1.165) is 24.6 Å². The molecule has 1 aliphatic heterocycles. The summed E-state index contributed by atoms with van der Waals surface area (Å²) in [5, 5.41) is 11.8. The molecule has 108 valence electrons. The van der Waals surface area contributed by atoms with Crippen molar-refractivity contribution in [1.82, 2.24) is 24.9 Å². The first kappa shape index (κ1) is 13.3. The molecule has 0 amide bonds. The highest BCUT2D eigenvalue weighted by Crippen LogP contribution is 2.27. The fourth-order valence-corrected chi connectivity index (χ4v) is 3.15. The summed E-state index contributed by atoms with van der Waals surface area (Å²) < 4.78 is 1.94. The Morgan fingerprint density at radius 3 is 3.20 bits per heavy atom. The van der Waals surface area contributed by atoms with Crippen molar-refractivity contribution >= 4 is 11.5 Å². The Hall–Kier alpha value is -1.69. The normalized spacial score (nSPS) is 21.3. The van der Waals surface area contributed by atoms with Crippen LogP contribution in [0.25, 0.3) is 5.65 Å². The Morgan fingerprint density at radius 2 is 2.35 bits per heavy atom. The summed E-state index contributed by atoms with van der Waals surface area (Å²) in [5.41, 5.74) is 0.850. The van der Waals surface area contributed by atoms with Crippen molar-refractivity contribution in [3.63, 3.8) is 0 Å². The van der Waals surface area contributed by atoms with Crippen LogP contribution in [0.1, 0.15) is 33.1 Å². The van der Waals surface area contributed by atoms with Gasteiger partial charge in [-0.3, -0.25) is 4.40 Å². The lowest BCUT2D eigenvalue weighted by molar-refractivity contribution is 0.370. The lowest BCUT2D eigenvalue weighted by atomic mass is 9.96. The summed E-state index contributed by atoms with van der Waals surface area (Å²) in [7, 11) is 0. The molecule has 3 heterocycles. The molecule has 2 aromatic heterocycles. The molecule has 1 N–H and O–H groups in total. The van der Waals surface area contributed by atoms with Crippen molar-refractivity contribution in [3.8, 4) is 0 Å². The molecule has 0 spiro atoms. The fraction of sp³-hybridized carbons (Fsp3) is 0.643. The van der Waals surface area contributed by atoms with E-state index in [9.17, 15) is 0 Å². The number of piperidine rings is 1. The van der Waals surface area contributed by atoms with Crippen LogP contribution in [-0.4, -0.2) is 44.8 Å². The monoisotopic (exact) mass is 274 g/mol. The molecular formula is C14H22N6. The average Bonchev–Trinajstić information content (AvgIpc) is 2.96. The predicted octanol–water partition coefficient (Wildman–Crippen LogP) is 1.48. The maximum Gasteiger partial charge on any atom is 0.203 e. The topological polar surface area (TPSA) is 58.4 Å². The van der Waals surface area contributed by atoms with Gasteiger partial charge in [-0.05, 0) is 32.7 Å². The van der Waals surface area contributed by atoms with Gasteiger partial charge in [0.2, 0.25) is 5.65 Å². The van der Waals surface area contributed by atoms with Crippen LogP contribution >= 0.6 is 0 Å². The number of likely N-dealkylation sites (N-methyl/N-ethyl adjacent to an activating group) is 1. The summed E-state index contributed by atoms with van der Waals surface area (Å²) >= 11 is 0. The quantitative estimate of drug-likeness (QED) is 0.915. The second kappa shape index (κ2) is 5.75. The number of rotatable bonds is 4. The van der Waals surface area contributed by atoms with Crippen LogP contribution in [0.2, 0.25) is 0 Å². The van der Waals surface area contributed by atoms with E-state index in [1.54, 1.807) is 6.33 Å². The third-order valence-corrected chi connectivity index (χ3v) is 4.12. The molecular weight excluding hydrogens is 252 g/mol. The van der Waals surface area contributed by atoms with Gasteiger partial charge in [0.15, 0.2) is 5.82 Å². The van der Waals surface area contributed by atoms with Gasteiger partial charge < -0.3 is 10.2 Å². The molecule has 6 heteroatoms. The summed E-state index contributed by atoms with van der Waals surface area (Å²) in [6.45, 7) is 6.45. The van der Waals surface area contributed by atoms with Crippen molar-refractivity contribution < 1.29 is 0 Å². The Morgan fingerprint density at radius 1 is 1.45 bits per heavy atom. The standard InChI is InChI=1S/C14H22N6/c1-3-15-11(2)12-6-4-5-8-20(12)13-14-18-17-10-19(14)9-7-16-13/h7,9-12,15H,3-6,8H2,1-2H3. The summed E-state index contributed by atoms with van der Waals surface area (Å²) in [4.78, 5) is 6.97. The maximum atomic E-state index is 4.57. The van der Waals surface area contributed by atoms with E-state index in [1.807, 2.05) is 16.8 Å². The Balaban J connectivity index is 1.95. The van der Waals surface area contributed by atoms with Crippen LogP contribution < -0.4 is 10.2 Å². The van der Waals surface area contributed by atoms with Crippen LogP contribution in [0.3, 0.4) is 0 Å². The van der Waals surface area contributed by atoms with E-state index >= 15 is 0 Å². The number of hydrogen-bond acceptors (Lipinski definition) is 5. The van der Waals surface area contributed by atoms with Gasteiger partial charge in [-0.2, -0.15) is 0 Å². The molecule has 3 rings (SSSR count). The zero-order valence-electron chi connectivity index (χ0n) is 12.2. The summed E-state index contributed by atoms with van der Waals surface area (Å²) in [6, 6.07) is 0.921. The third kappa shape index (κ3) is 2.35. The lowest BCUT2D eigenvalue weighted by Crippen LogP contribution is -2.51. The molecule has 2 atom stereocenters. The highest BCUT2D eigenvalue weighted by atomic mass is 15.3. The minimum absolute atomic E-state index is 0.449. The average molecular weight is 274 g/mol. The highest BCUT2D eigenvalue weighted by Gasteiger charge is 2.29. The van der Waals surface area contributed by atoms with Crippen molar-refractivity contribution in [3.05, 3.63) is 18.7 Å². The molecule has 0 radical (unpaired) electrons. The molecule has 1 fully saturated rings. The largest absolute Gasteiger partial charge is 0.349 e. The van der Waals surface area contributed by atoms with Gasteiger partial charge in [0, 0.05) is 31.0 Å². The van der Waals surface area contributed by atoms with Crippen molar-refractivity contribution in [1.29, 1.82) is 0 Å². The van der Waals surface area contributed by atoms with Gasteiger partial charge in [0.05, 0.1) is 0 Å². The maximum absolute atomic E-state index is 4.57. The van der Waals surface area contributed by atoms with Gasteiger partial charge >= 0.3 is 0 Å². The van der Waals surface area contributed by atoms with Crippen molar-refractivity contribution in [2.45, 2.75) is 45.2 Å². The second-order valence-electron chi connectivity index (χ2n) is 5.42. The molecule has 1 aliphatic rings. The Bertz CT molecular complexity index is 566. The van der Waals surface area contributed by atoms with E-state index in [4.69, 9.17) is 0 Å². The number of nitrogens with one attached hydrogen (secondary N) is 1. The number of anilines is 1. The SMILES string of the molecule is CCNC(C)C1CCCCN1c1nccn2cnnc12. The molecule has 0 saturated carbocycles. The predicted molar refractivity (Wildman–Crippen MR) is 78.9 cm³/mol. The number of nitrogens with zero attached hydrogens (tertiary/aromatic N) is 5. The van der Waals surface area contributed by atoms with E-state index in [0.29, 0.717) is 12.1 Å². The molecule has 1 saturated heterocycles. The number of hydrogen-bond donors (Lipinski definition) is 1. The number of fused-ring (bicyclic) bond motifs is 1. The molecule has 0 bridgehead atoms. The van der Waals surface area contributed by atoms with Crippen LogP contribution in [0.4, 0.5) is 5.82 Å². The van der Waals surface area contributed by atoms with E-state index in [1.165, 1.54) is 19.3 Å². The van der Waals surface area contributed by atoms with Gasteiger partial charge in [-0.15, -0.1) is 10.2 Å². The highest BCUT2D eigenvalue weighted by molar-refractivity contribution is 5.64. The van der Waals surface area contributed by atoms with Crippen molar-refractivity contribution in [2.24, 2.45) is 0 Å². The molecule has 6 nitrogen and oxygen atoms in total. The van der Waals surface area contributed by atoms with Gasteiger partial charge in [-0.25, -0.2) is 4.98 Å². The van der Waals surface area contributed by atoms with Gasteiger partial charge in [-0.1, -0.05) is 6.92 Å². The molecule has 0 aliphatic carbocycles. The first-order valence-electron chi connectivity index (χ1n) is 7.45. The van der Waals surface area contributed by atoms with Crippen LogP contribution in [-0.2, 0) is 0 Å². The minimum atomic E-state index is 0.449. The molecule has 20 heavy (non-hydrogen) atoms. The van der Waals surface area contributed by atoms with Crippen molar-refractivity contribution in [2.75, 3.05) is 18.0 Å². The Labute approximate surface area is 119 Å². The molecule has 0 aromatic carbocycles. The zero-order chi connectivity index (χ0) is 13.9. The van der Waals surface area contributed by atoms with Crippen LogP contribution in [0, 0.1) is 0 Å². The van der Waals surface area contributed by atoms with Crippen LogP contribution in [0.5, 0.6) is 0 Å². The van der Waals surface area contributed by atoms with E-state index < -0.39 is 0 Å². The van der Waals surface area contributed by atoms with E-state index in [-0.39, 0.29) is 0 Å². The van der Waals surface area contributed by atoms with Gasteiger partial charge in [0.25, 0.3) is 0 Å². The first-order chi connectivity index (χ1) is 9.81. The smallest absolute Gasteiger partial charge is 0.203 e. The van der Waals surface area contributed by atoms with E-state index in [2.05, 4.69) is 39.2 Å². The Kier molecular flexibility index (Phi) is 3.82. The number of aromatic nitrogens is 4. The summed E-state index contributed by atoms with van der Waals surface area (Å²) in [6.07, 6.45) is 9.15. The molecule has 2 unspecified atom stereocenters. The fourth-order valence-electron chi connectivity index (χ4n) is 3.15. The second-order valence-corrected chi connectivity index (χ2v) is 5.42. The minimum Gasteiger partial charge on any atom is -0.349 e. The summed E-state index contributed by atoms with van der Waals surface area (Å²) in [5.74, 6) is 0.958. The van der Waals surface area contributed by atoms with Gasteiger partial charge in [0.1, 0.15) is 6.33 Å². The third-order valence-electron chi connectivity index (χ3n) is 4.12. The lowest BCUT2D eigenvalue weighted by Gasteiger charge is -2.40. The van der Waals surface area contributed by atoms with Crippen LogP contribution in [0.15, 0.2) is 18.7 Å².